The summed E-state index contributed by atoms with van der Waals surface area (Å²) < 4.78 is 37.8. The first-order valence-electron chi connectivity index (χ1n) is 12.9. The van der Waals surface area contributed by atoms with Crippen molar-refractivity contribution in [2.75, 3.05) is 82.0 Å². The van der Waals surface area contributed by atoms with Crippen molar-refractivity contribution < 1.29 is 42.7 Å². The van der Waals surface area contributed by atoms with Crippen molar-refractivity contribution in [3.8, 4) is 34.5 Å². The molecule has 2 aromatic rings. The first kappa shape index (κ1) is 30.4. The molecule has 1 heterocycles. The number of nitrogens with zero attached hydrogens (tertiary/aromatic N) is 2. The summed E-state index contributed by atoms with van der Waals surface area (Å²) in [6.07, 6.45) is 4.06. The van der Waals surface area contributed by atoms with Crippen LogP contribution in [-0.4, -0.2) is 104 Å². The van der Waals surface area contributed by atoms with Gasteiger partial charge in [-0.3, -0.25) is 9.69 Å². The minimum absolute atomic E-state index is 0.0920. The molecule has 11 nitrogen and oxygen atoms in total. The molecule has 2 aromatic carbocycles. The zero-order chi connectivity index (χ0) is 29.1. The van der Waals surface area contributed by atoms with E-state index < -0.39 is 5.97 Å². The number of amides is 1. The van der Waals surface area contributed by atoms with Crippen LogP contribution in [0.5, 0.6) is 34.5 Å². The average Bonchev–Trinajstić information content (AvgIpc) is 3.23. The molecular weight excluding hydrogens is 520 g/mol. The van der Waals surface area contributed by atoms with Crippen LogP contribution >= 0.6 is 0 Å². The van der Waals surface area contributed by atoms with Crippen LogP contribution in [0, 0.1) is 0 Å². The van der Waals surface area contributed by atoms with Crippen LogP contribution in [0.4, 0.5) is 0 Å². The van der Waals surface area contributed by atoms with E-state index in [1.54, 1.807) is 38.5 Å². The Morgan fingerprint density at radius 1 is 0.725 bits per heavy atom. The summed E-state index contributed by atoms with van der Waals surface area (Å²) >= 11 is 0. The lowest BCUT2D eigenvalue weighted by molar-refractivity contribution is -0.125. The van der Waals surface area contributed by atoms with Crippen LogP contribution in [0.15, 0.2) is 30.3 Å². The van der Waals surface area contributed by atoms with E-state index in [4.69, 9.17) is 33.2 Å². The summed E-state index contributed by atoms with van der Waals surface area (Å²) in [5.41, 5.74) is 0.962. The summed E-state index contributed by atoms with van der Waals surface area (Å²) in [4.78, 5) is 29.7. The minimum atomic E-state index is -0.514. The minimum Gasteiger partial charge on any atom is -0.493 e. The van der Waals surface area contributed by atoms with Crippen molar-refractivity contribution in [1.29, 1.82) is 0 Å². The topological polar surface area (TPSA) is 105 Å². The van der Waals surface area contributed by atoms with Gasteiger partial charge in [0.1, 0.15) is 12.2 Å². The molecule has 218 valence electrons. The second kappa shape index (κ2) is 14.9. The van der Waals surface area contributed by atoms with Crippen molar-refractivity contribution in [1.82, 2.24) is 9.80 Å². The standard InChI is InChI=1S/C29H38N2O9/c1-34-22-11-8-20(25(36-3)27(22)38-5)9-13-24(32)31-15-7-14-30(16-17-31)18-19-40-29(33)21-10-12-23(35-2)28(39-6)26(21)37-4/h8-13H,7,14-19H2,1-6H3. The summed E-state index contributed by atoms with van der Waals surface area (Å²) in [7, 11) is 9.08. The SMILES string of the molecule is COc1ccc(C=CC(=O)N2CCCN(CCOC(=O)c3ccc(OC)c(OC)c3OC)CC2)c(OC)c1OC. The number of methoxy groups -OCH3 is 6. The van der Waals surface area contributed by atoms with Crippen LogP contribution in [0.1, 0.15) is 22.3 Å². The highest BCUT2D eigenvalue weighted by Gasteiger charge is 2.23. The van der Waals surface area contributed by atoms with Gasteiger partial charge in [0.2, 0.25) is 17.4 Å². The molecule has 1 saturated heterocycles. The number of carbonyl (C=O) groups is 2. The number of rotatable bonds is 12. The maximum atomic E-state index is 13.0. The van der Waals surface area contributed by atoms with Gasteiger partial charge >= 0.3 is 5.97 Å². The van der Waals surface area contributed by atoms with Gasteiger partial charge in [0.15, 0.2) is 23.0 Å². The molecule has 0 atom stereocenters. The van der Waals surface area contributed by atoms with Gasteiger partial charge in [-0.2, -0.15) is 0 Å². The lowest BCUT2D eigenvalue weighted by Gasteiger charge is -2.21. The molecule has 0 N–H and O–H groups in total. The molecule has 0 spiro atoms. The predicted octanol–water partition coefficient (Wildman–Crippen LogP) is 3.14. The van der Waals surface area contributed by atoms with Gasteiger partial charge in [0.05, 0.1) is 42.7 Å². The molecule has 1 aliphatic heterocycles. The maximum Gasteiger partial charge on any atom is 0.342 e. The Balaban J connectivity index is 1.55. The molecule has 0 unspecified atom stereocenters. The van der Waals surface area contributed by atoms with E-state index in [9.17, 15) is 9.59 Å². The van der Waals surface area contributed by atoms with E-state index in [-0.39, 0.29) is 23.8 Å². The first-order chi connectivity index (χ1) is 19.4. The fourth-order valence-corrected chi connectivity index (χ4v) is 4.54. The van der Waals surface area contributed by atoms with Gasteiger partial charge < -0.3 is 38.1 Å². The molecule has 3 rings (SSSR count). The smallest absolute Gasteiger partial charge is 0.342 e. The fraction of sp³-hybridized carbons (Fsp3) is 0.448. The second-order valence-electron chi connectivity index (χ2n) is 8.80. The Hall–Kier alpha value is -4.12. The third-order valence-corrected chi connectivity index (χ3v) is 6.61. The molecule has 0 saturated carbocycles. The Labute approximate surface area is 235 Å². The Kier molecular flexibility index (Phi) is 11.3. The van der Waals surface area contributed by atoms with Crippen molar-refractivity contribution in [2.45, 2.75) is 6.42 Å². The van der Waals surface area contributed by atoms with E-state index in [1.165, 1.54) is 34.5 Å². The molecule has 0 bridgehead atoms. The summed E-state index contributed by atoms with van der Waals surface area (Å²) in [5.74, 6) is 1.94. The van der Waals surface area contributed by atoms with Gasteiger partial charge in [0.25, 0.3) is 0 Å². The normalized spacial score (nSPS) is 13.9. The van der Waals surface area contributed by atoms with E-state index in [1.807, 2.05) is 11.0 Å². The van der Waals surface area contributed by atoms with E-state index >= 15 is 0 Å². The van der Waals surface area contributed by atoms with Gasteiger partial charge in [-0.1, -0.05) is 0 Å². The number of esters is 1. The van der Waals surface area contributed by atoms with E-state index in [2.05, 4.69) is 4.90 Å². The van der Waals surface area contributed by atoms with Crippen LogP contribution in [0.3, 0.4) is 0 Å². The van der Waals surface area contributed by atoms with Crippen LogP contribution in [0.2, 0.25) is 0 Å². The monoisotopic (exact) mass is 558 g/mol. The predicted molar refractivity (Wildman–Crippen MR) is 149 cm³/mol. The lowest BCUT2D eigenvalue weighted by Crippen LogP contribution is -2.35. The summed E-state index contributed by atoms with van der Waals surface area (Å²) in [6, 6.07) is 6.80. The molecule has 11 heteroatoms. The summed E-state index contributed by atoms with van der Waals surface area (Å²) in [6.45, 7) is 3.38. The highest BCUT2D eigenvalue weighted by atomic mass is 16.5. The zero-order valence-electron chi connectivity index (χ0n) is 24.0. The van der Waals surface area contributed by atoms with Gasteiger partial charge in [-0.15, -0.1) is 0 Å². The van der Waals surface area contributed by atoms with Crippen molar-refractivity contribution in [2.24, 2.45) is 0 Å². The van der Waals surface area contributed by atoms with Crippen LogP contribution < -0.4 is 28.4 Å². The largest absolute Gasteiger partial charge is 0.493 e. The zero-order valence-corrected chi connectivity index (χ0v) is 24.0. The number of ether oxygens (including phenoxy) is 7. The molecule has 40 heavy (non-hydrogen) atoms. The highest BCUT2D eigenvalue weighted by molar-refractivity contribution is 5.94. The lowest BCUT2D eigenvalue weighted by atomic mass is 10.1. The van der Waals surface area contributed by atoms with Gasteiger partial charge in [0, 0.05) is 44.4 Å². The van der Waals surface area contributed by atoms with Crippen LogP contribution in [0.25, 0.3) is 6.08 Å². The molecule has 0 radical (unpaired) electrons. The first-order valence-corrected chi connectivity index (χ1v) is 12.9. The van der Waals surface area contributed by atoms with Gasteiger partial charge in [-0.05, 0) is 36.8 Å². The molecule has 1 amide bonds. The molecule has 0 aromatic heterocycles. The number of carbonyl (C=O) groups excluding carboxylic acids is 2. The van der Waals surface area contributed by atoms with Crippen molar-refractivity contribution in [3.63, 3.8) is 0 Å². The molecule has 1 fully saturated rings. The highest BCUT2D eigenvalue weighted by Crippen LogP contribution is 2.41. The fourth-order valence-electron chi connectivity index (χ4n) is 4.54. The quantitative estimate of drug-likeness (QED) is 0.285. The number of benzene rings is 2. The summed E-state index contributed by atoms with van der Waals surface area (Å²) in [5, 5.41) is 0. The van der Waals surface area contributed by atoms with Crippen molar-refractivity contribution in [3.05, 3.63) is 41.5 Å². The van der Waals surface area contributed by atoms with E-state index in [0.717, 1.165) is 13.0 Å². The van der Waals surface area contributed by atoms with Crippen molar-refractivity contribution >= 4 is 18.0 Å². The van der Waals surface area contributed by atoms with Gasteiger partial charge in [-0.25, -0.2) is 4.79 Å². The average molecular weight is 559 g/mol. The molecular formula is C29H38N2O9. The number of hydrogen-bond acceptors (Lipinski definition) is 10. The Morgan fingerprint density at radius 2 is 1.35 bits per heavy atom. The number of hydrogen-bond donors (Lipinski definition) is 0. The third-order valence-electron chi connectivity index (χ3n) is 6.61. The Morgan fingerprint density at radius 3 is 1.98 bits per heavy atom. The molecule has 1 aliphatic rings. The van der Waals surface area contributed by atoms with E-state index in [0.29, 0.717) is 60.5 Å². The van der Waals surface area contributed by atoms with Crippen LogP contribution in [-0.2, 0) is 9.53 Å². The second-order valence-corrected chi connectivity index (χ2v) is 8.80. The maximum absolute atomic E-state index is 13.0. The molecule has 0 aliphatic carbocycles. The Bertz CT molecular complexity index is 1200. The third kappa shape index (κ3) is 7.09.